The second kappa shape index (κ2) is 9.29. The SMILES string of the molecule is CN(CCOc1ccccc1Cl)CC(=O)NC(=O)Nc1ccc2c(c1)OCO2. The highest BCUT2D eigenvalue weighted by Gasteiger charge is 2.15. The highest BCUT2D eigenvalue weighted by molar-refractivity contribution is 6.32. The Balaban J connectivity index is 1.38. The van der Waals surface area contributed by atoms with Crippen LogP contribution < -0.4 is 24.8 Å². The summed E-state index contributed by atoms with van der Waals surface area (Å²) >= 11 is 6.02. The minimum atomic E-state index is -0.621. The number of fused-ring (bicyclic) bond motifs is 1. The smallest absolute Gasteiger partial charge is 0.325 e. The van der Waals surface area contributed by atoms with E-state index in [1.54, 1.807) is 42.3 Å². The number of hydrogen-bond donors (Lipinski definition) is 2. The van der Waals surface area contributed by atoms with Gasteiger partial charge in [0.1, 0.15) is 12.4 Å². The number of benzene rings is 2. The Labute approximate surface area is 167 Å². The van der Waals surface area contributed by atoms with E-state index in [2.05, 4.69) is 10.6 Å². The first-order chi connectivity index (χ1) is 13.5. The first-order valence-electron chi connectivity index (χ1n) is 8.57. The van der Waals surface area contributed by atoms with Gasteiger partial charge in [-0.05, 0) is 31.3 Å². The maximum atomic E-state index is 12.0. The molecular formula is C19H20ClN3O5. The number of hydrogen-bond acceptors (Lipinski definition) is 6. The van der Waals surface area contributed by atoms with Crippen LogP contribution in [0.1, 0.15) is 0 Å². The normalized spacial score (nSPS) is 12.0. The Kier molecular flexibility index (Phi) is 6.57. The van der Waals surface area contributed by atoms with E-state index in [1.807, 2.05) is 12.1 Å². The van der Waals surface area contributed by atoms with Crippen molar-refractivity contribution in [1.82, 2.24) is 10.2 Å². The molecule has 3 amide bonds. The molecule has 0 radical (unpaired) electrons. The summed E-state index contributed by atoms with van der Waals surface area (Å²) in [6.07, 6.45) is 0. The number of rotatable bonds is 7. The van der Waals surface area contributed by atoms with Gasteiger partial charge in [-0.2, -0.15) is 0 Å². The third kappa shape index (κ3) is 5.51. The van der Waals surface area contributed by atoms with Crippen molar-refractivity contribution in [2.45, 2.75) is 0 Å². The number of para-hydroxylation sites is 1. The van der Waals surface area contributed by atoms with Crippen molar-refractivity contribution in [3.63, 3.8) is 0 Å². The predicted molar refractivity (Wildman–Crippen MR) is 104 cm³/mol. The molecule has 1 aliphatic heterocycles. The second-order valence-corrected chi connectivity index (χ2v) is 6.49. The molecule has 0 saturated carbocycles. The van der Waals surface area contributed by atoms with Gasteiger partial charge in [-0.15, -0.1) is 0 Å². The van der Waals surface area contributed by atoms with E-state index in [9.17, 15) is 9.59 Å². The van der Waals surface area contributed by atoms with E-state index in [-0.39, 0.29) is 13.3 Å². The molecule has 0 spiro atoms. The van der Waals surface area contributed by atoms with E-state index in [0.29, 0.717) is 41.1 Å². The van der Waals surface area contributed by atoms with Gasteiger partial charge in [0, 0.05) is 18.3 Å². The highest BCUT2D eigenvalue weighted by Crippen LogP contribution is 2.34. The summed E-state index contributed by atoms with van der Waals surface area (Å²) in [4.78, 5) is 25.7. The zero-order valence-corrected chi connectivity index (χ0v) is 16.0. The van der Waals surface area contributed by atoms with Crippen molar-refractivity contribution in [1.29, 1.82) is 0 Å². The Hall–Kier alpha value is -2.97. The Morgan fingerprint density at radius 3 is 2.79 bits per heavy atom. The van der Waals surface area contributed by atoms with Crippen molar-refractivity contribution < 1.29 is 23.8 Å². The molecule has 28 heavy (non-hydrogen) atoms. The molecule has 1 aliphatic rings. The molecule has 8 nitrogen and oxygen atoms in total. The van der Waals surface area contributed by atoms with Crippen molar-refractivity contribution in [2.24, 2.45) is 0 Å². The first-order valence-corrected chi connectivity index (χ1v) is 8.95. The number of urea groups is 1. The summed E-state index contributed by atoms with van der Waals surface area (Å²) in [5, 5.41) is 5.39. The zero-order chi connectivity index (χ0) is 19.9. The van der Waals surface area contributed by atoms with Crippen LogP contribution in [0.3, 0.4) is 0 Å². The predicted octanol–water partition coefficient (Wildman–Crippen LogP) is 2.73. The molecule has 0 fully saturated rings. The largest absolute Gasteiger partial charge is 0.491 e. The van der Waals surface area contributed by atoms with E-state index >= 15 is 0 Å². The van der Waals surface area contributed by atoms with Gasteiger partial charge in [0.25, 0.3) is 0 Å². The fourth-order valence-corrected chi connectivity index (χ4v) is 2.69. The molecular weight excluding hydrogens is 386 g/mol. The lowest BCUT2D eigenvalue weighted by atomic mass is 10.3. The summed E-state index contributed by atoms with van der Waals surface area (Å²) in [6.45, 7) is 1.04. The monoisotopic (exact) mass is 405 g/mol. The van der Waals surface area contributed by atoms with Crippen molar-refractivity contribution in [3.05, 3.63) is 47.5 Å². The summed E-state index contributed by atoms with van der Waals surface area (Å²) in [5.41, 5.74) is 0.496. The maximum absolute atomic E-state index is 12.0. The quantitative estimate of drug-likeness (QED) is 0.736. The number of imide groups is 1. The van der Waals surface area contributed by atoms with Crippen LogP contribution in [0.4, 0.5) is 10.5 Å². The van der Waals surface area contributed by atoms with Gasteiger partial charge in [-0.25, -0.2) is 4.79 Å². The van der Waals surface area contributed by atoms with Crippen LogP contribution in [-0.4, -0.2) is 50.4 Å². The molecule has 0 aromatic heterocycles. The van der Waals surface area contributed by atoms with Gasteiger partial charge in [0.05, 0.1) is 11.6 Å². The number of nitrogens with zero attached hydrogens (tertiary/aromatic N) is 1. The summed E-state index contributed by atoms with van der Waals surface area (Å²) in [5.74, 6) is 1.31. The number of likely N-dealkylation sites (N-methyl/N-ethyl adjacent to an activating group) is 1. The number of ether oxygens (including phenoxy) is 3. The Morgan fingerprint density at radius 2 is 1.96 bits per heavy atom. The van der Waals surface area contributed by atoms with Crippen LogP contribution >= 0.6 is 11.6 Å². The van der Waals surface area contributed by atoms with Crippen LogP contribution in [0.2, 0.25) is 5.02 Å². The third-order valence-corrected chi connectivity index (χ3v) is 4.18. The molecule has 0 unspecified atom stereocenters. The molecule has 0 aliphatic carbocycles. The van der Waals surface area contributed by atoms with Gasteiger partial charge >= 0.3 is 6.03 Å². The van der Waals surface area contributed by atoms with Crippen LogP contribution in [0.5, 0.6) is 17.2 Å². The first kappa shape index (κ1) is 19.8. The molecule has 3 rings (SSSR count). The van der Waals surface area contributed by atoms with E-state index in [4.69, 9.17) is 25.8 Å². The lowest BCUT2D eigenvalue weighted by Crippen LogP contribution is -2.41. The van der Waals surface area contributed by atoms with Crippen LogP contribution in [0.15, 0.2) is 42.5 Å². The molecule has 2 N–H and O–H groups in total. The fraction of sp³-hybridized carbons (Fsp3) is 0.263. The molecule has 1 heterocycles. The van der Waals surface area contributed by atoms with Gasteiger partial charge in [0.2, 0.25) is 12.7 Å². The lowest BCUT2D eigenvalue weighted by Gasteiger charge is -2.16. The molecule has 2 aromatic carbocycles. The molecule has 148 valence electrons. The third-order valence-electron chi connectivity index (χ3n) is 3.86. The van der Waals surface area contributed by atoms with E-state index < -0.39 is 11.9 Å². The van der Waals surface area contributed by atoms with E-state index in [0.717, 1.165) is 0 Å². The number of carbonyl (C=O) groups excluding carboxylic acids is 2. The van der Waals surface area contributed by atoms with Crippen molar-refractivity contribution in [3.8, 4) is 17.2 Å². The van der Waals surface area contributed by atoms with Crippen LogP contribution in [0, 0.1) is 0 Å². The van der Waals surface area contributed by atoms with Crippen LogP contribution in [-0.2, 0) is 4.79 Å². The van der Waals surface area contributed by atoms with E-state index in [1.165, 1.54) is 0 Å². The molecule has 9 heteroatoms. The average Bonchev–Trinajstić information content (AvgIpc) is 3.10. The number of carbonyl (C=O) groups is 2. The number of amides is 3. The highest BCUT2D eigenvalue weighted by atomic mass is 35.5. The standard InChI is InChI=1S/C19H20ClN3O5/c1-23(8-9-26-15-5-3-2-4-14(15)20)11-18(24)22-19(25)21-13-6-7-16-17(10-13)28-12-27-16/h2-7,10H,8-9,11-12H2,1H3,(H2,21,22,24,25). The minimum absolute atomic E-state index is 0.0421. The molecule has 0 saturated heterocycles. The van der Waals surface area contributed by atoms with Crippen molar-refractivity contribution >= 4 is 29.2 Å². The molecule has 2 aromatic rings. The summed E-state index contributed by atoms with van der Waals surface area (Å²) < 4.78 is 16.0. The summed E-state index contributed by atoms with van der Waals surface area (Å²) in [7, 11) is 1.76. The van der Waals surface area contributed by atoms with Crippen LogP contribution in [0.25, 0.3) is 0 Å². The Morgan fingerprint density at radius 1 is 1.18 bits per heavy atom. The molecule has 0 bridgehead atoms. The van der Waals surface area contributed by atoms with Crippen molar-refractivity contribution in [2.75, 3.05) is 38.9 Å². The number of nitrogens with one attached hydrogen (secondary N) is 2. The average molecular weight is 406 g/mol. The lowest BCUT2D eigenvalue weighted by molar-refractivity contribution is -0.120. The second-order valence-electron chi connectivity index (χ2n) is 6.09. The topological polar surface area (TPSA) is 89.1 Å². The number of halogens is 1. The Bertz CT molecular complexity index is 861. The van der Waals surface area contributed by atoms with Gasteiger partial charge in [-0.1, -0.05) is 23.7 Å². The van der Waals surface area contributed by atoms with Gasteiger partial charge in [-0.3, -0.25) is 15.0 Å². The minimum Gasteiger partial charge on any atom is -0.491 e. The maximum Gasteiger partial charge on any atom is 0.325 e. The summed E-state index contributed by atoms with van der Waals surface area (Å²) in [6, 6.07) is 11.5. The molecule has 0 atom stereocenters. The number of anilines is 1. The van der Waals surface area contributed by atoms with Gasteiger partial charge in [0.15, 0.2) is 11.5 Å². The fourth-order valence-electron chi connectivity index (χ4n) is 2.50. The van der Waals surface area contributed by atoms with Gasteiger partial charge < -0.3 is 19.5 Å². The zero-order valence-electron chi connectivity index (χ0n) is 15.2.